The summed E-state index contributed by atoms with van der Waals surface area (Å²) in [5.41, 5.74) is 0. The Morgan fingerprint density at radius 1 is 1.35 bits per heavy atom. The van der Waals surface area contributed by atoms with E-state index in [9.17, 15) is 13.2 Å². The molecule has 2 atom stereocenters. The fourth-order valence-electron chi connectivity index (χ4n) is 2.14. The van der Waals surface area contributed by atoms with Crippen LogP contribution in [0.25, 0.3) is 0 Å². The molecular weight excluding hydrogens is 242 g/mol. The molecule has 0 aliphatic carbocycles. The number of sulfonamides is 1. The Bertz CT molecular complexity index is 366. The Morgan fingerprint density at radius 3 is 2.47 bits per heavy atom. The molecule has 0 spiro atoms. The predicted molar refractivity (Wildman–Crippen MR) is 65.2 cm³/mol. The van der Waals surface area contributed by atoms with Gasteiger partial charge in [0.05, 0.1) is 11.7 Å². The van der Waals surface area contributed by atoms with Gasteiger partial charge in [-0.3, -0.25) is 4.79 Å². The van der Waals surface area contributed by atoms with Gasteiger partial charge in [-0.05, 0) is 26.2 Å². The molecule has 0 bridgehead atoms. The summed E-state index contributed by atoms with van der Waals surface area (Å²) in [7, 11) is -3.04. The van der Waals surface area contributed by atoms with Gasteiger partial charge >= 0.3 is 5.97 Å². The van der Waals surface area contributed by atoms with Gasteiger partial charge < -0.3 is 5.11 Å². The van der Waals surface area contributed by atoms with Gasteiger partial charge in [0.1, 0.15) is 0 Å². The summed E-state index contributed by atoms with van der Waals surface area (Å²) in [6.45, 7) is 4.19. The van der Waals surface area contributed by atoms with Crippen LogP contribution in [0.1, 0.15) is 39.5 Å². The van der Waals surface area contributed by atoms with Gasteiger partial charge in [-0.25, -0.2) is 8.42 Å². The molecule has 5 nitrogen and oxygen atoms in total. The van der Waals surface area contributed by atoms with Crippen LogP contribution in [-0.2, 0) is 14.8 Å². The second kappa shape index (κ2) is 5.82. The van der Waals surface area contributed by atoms with Crippen molar-refractivity contribution in [3.63, 3.8) is 0 Å². The first-order valence-electron chi connectivity index (χ1n) is 6.07. The molecule has 100 valence electrons. The van der Waals surface area contributed by atoms with Crippen molar-refractivity contribution in [2.75, 3.05) is 12.3 Å². The molecule has 1 heterocycles. The molecule has 17 heavy (non-hydrogen) atoms. The minimum atomic E-state index is -3.04. The quantitative estimate of drug-likeness (QED) is 0.784. The number of carboxylic acid groups (broad SMARTS) is 1. The van der Waals surface area contributed by atoms with Crippen molar-refractivity contribution < 1.29 is 18.3 Å². The summed E-state index contributed by atoms with van der Waals surface area (Å²) >= 11 is 0. The first-order valence-corrected chi connectivity index (χ1v) is 7.68. The number of nitrogens with zero attached hydrogens (tertiary/aromatic N) is 1. The largest absolute Gasteiger partial charge is 0.481 e. The lowest BCUT2D eigenvalue weighted by Gasteiger charge is -2.22. The molecular formula is C11H21NO4S. The highest BCUT2D eigenvalue weighted by Gasteiger charge is 2.31. The van der Waals surface area contributed by atoms with E-state index >= 15 is 0 Å². The summed E-state index contributed by atoms with van der Waals surface area (Å²) in [5.74, 6) is -0.882. The number of rotatable bonds is 6. The second-order valence-corrected chi connectivity index (χ2v) is 6.84. The lowest BCUT2D eigenvalue weighted by Crippen LogP contribution is -2.34. The van der Waals surface area contributed by atoms with Crippen LogP contribution in [-0.4, -0.2) is 42.1 Å². The van der Waals surface area contributed by atoms with Crippen LogP contribution in [0.5, 0.6) is 0 Å². The minimum absolute atomic E-state index is 0.0107. The number of aliphatic carboxylic acids is 1. The molecule has 6 heteroatoms. The molecule has 0 radical (unpaired) electrons. The van der Waals surface area contributed by atoms with Gasteiger partial charge in [0.15, 0.2) is 0 Å². The van der Waals surface area contributed by atoms with Crippen molar-refractivity contribution in [3.05, 3.63) is 0 Å². The summed E-state index contributed by atoms with van der Waals surface area (Å²) in [6, 6.07) is -0.0107. The van der Waals surface area contributed by atoms with Crippen LogP contribution < -0.4 is 0 Å². The molecule has 0 saturated carbocycles. The van der Waals surface area contributed by atoms with Crippen LogP contribution in [0, 0.1) is 5.92 Å². The van der Waals surface area contributed by atoms with E-state index in [0.29, 0.717) is 19.4 Å². The Balaban J connectivity index is 2.35. The molecule has 1 fully saturated rings. The van der Waals surface area contributed by atoms with Crippen LogP contribution in [0.3, 0.4) is 0 Å². The summed E-state index contributed by atoms with van der Waals surface area (Å²) < 4.78 is 24.8. The van der Waals surface area contributed by atoms with E-state index in [0.717, 1.165) is 12.8 Å². The van der Waals surface area contributed by atoms with Crippen molar-refractivity contribution in [3.8, 4) is 0 Å². The average Bonchev–Trinajstić information content (AvgIpc) is 2.57. The maximum atomic E-state index is 11.6. The zero-order valence-corrected chi connectivity index (χ0v) is 11.2. The Hall–Kier alpha value is -0.620. The number of hydrogen-bond acceptors (Lipinski definition) is 3. The fraction of sp³-hybridized carbons (Fsp3) is 0.909. The third-order valence-corrected chi connectivity index (χ3v) is 5.37. The number of hydrogen-bond donors (Lipinski definition) is 1. The van der Waals surface area contributed by atoms with Crippen molar-refractivity contribution in [1.29, 1.82) is 0 Å². The molecule has 1 N–H and O–H groups in total. The third-order valence-electron chi connectivity index (χ3n) is 3.31. The topological polar surface area (TPSA) is 74.7 Å². The highest BCUT2D eigenvalue weighted by atomic mass is 32.2. The van der Waals surface area contributed by atoms with E-state index < -0.39 is 16.0 Å². The molecule has 1 saturated heterocycles. The summed E-state index contributed by atoms with van der Waals surface area (Å²) in [4.78, 5) is 10.6. The Morgan fingerprint density at radius 2 is 2.00 bits per heavy atom. The van der Waals surface area contributed by atoms with Gasteiger partial charge in [0.2, 0.25) is 10.0 Å². The number of carbonyl (C=O) groups is 1. The van der Waals surface area contributed by atoms with Crippen molar-refractivity contribution in [2.45, 2.75) is 45.6 Å². The van der Waals surface area contributed by atoms with Gasteiger partial charge in [0.25, 0.3) is 0 Å². The van der Waals surface area contributed by atoms with Crippen LogP contribution >= 0.6 is 0 Å². The van der Waals surface area contributed by atoms with Crippen molar-refractivity contribution >= 4 is 16.0 Å². The smallest absolute Gasteiger partial charge is 0.306 e. The molecule has 0 aromatic heterocycles. The predicted octanol–water partition coefficient (Wildman–Crippen LogP) is 1.30. The molecule has 0 aromatic carbocycles. The van der Waals surface area contributed by atoms with E-state index in [1.54, 1.807) is 11.2 Å². The first-order chi connectivity index (χ1) is 7.84. The SMILES string of the molecule is CC(CCCC(C)N1CCCS1(=O)=O)C(=O)O. The normalized spacial score (nSPS) is 23.4. The Labute approximate surface area is 103 Å². The minimum Gasteiger partial charge on any atom is -0.481 e. The molecule has 1 rings (SSSR count). The zero-order chi connectivity index (χ0) is 13.1. The molecule has 1 aliphatic heterocycles. The van der Waals surface area contributed by atoms with Crippen LogP contribution in [0.2, 0.25) is 0 Å². The molecule has 1 aliphatic rings. The Kier molecular flexibility index (Phi) is 4.94. The standard InChI is InChI=1S/C11H21NO4S/c1-9(11(13)14)5-3-6-10(2)12-7-4-8-17(12,15)16/h9-10H,3-8H2,1-2H3,(H,13,14). The van der Waals surface area contributed by atoms with E-state index in [1.165, 1.54) is 0 Å². The lowest BCUT2D eigenvalue weighted by atomic mass is 10.0. The molecule has 2 unspecified atom stereocenters. The van der Waals surface area contributed by atoms with Crippen molar-refractivity contribution in [1.82, 2.24) is 4.31 Å². The van der Waals surface area contributed by atoms with Gasteiger partial charge in [-0.2, -0.15) is 4.31 Å². The van der Waals surface area contributed by atoms with E-state index in [-0.39, 0.29) is 17.7 Å². The van der Waals surface area contributed by atoms with Gasteiger partial charge in [-0.15, -0.1) is 0 Å². The average molecular weight is 263 g/mol. The lowest BCUT2D eigenvalue weighted by molar-refractivity contribution is -0.141. The third kappa shape index (κ3) is 3.96. The highest BCUT2D eigenvalue weighted by Crippen LogP contribution is 2.21. The fourth-order valence-corrected chi connectivity index (χ4v) is 3.93. The second-order valence-electron chi connectivity index (χ2n) is 4.80. The number of carboxylic acids is 1. The highest BCUT2D eigenvalue weighted by molar-refractivity contribution is 7.89. The zero-order valence-electron chi connectivity index (χ0n) is 10.4. The van der Waals surface area contributed by atoms with E-state index in [4.69, 9.17) is 5.11 Å². The van der Waals surface area contributed by atoms with Gasteiger partial charge in [0, 0.05) is 12.6 Å². The van der Waals surface area contributed by atoms with Gasteiger partial charge in [-0.1, -0.05) is 13.3 Å². The summed E-state index contributed by atoms with van der Waals surface area (Å²) in [5, 5.41) is 8.74. The van der Waals surface area contributed by atoms with E-state index in [1.807, 2.05) is 6.92 Å². The van der Waals surface area contributed by atoms with Crippen molar-refractivity contribution in [2.24, 2.45) is 5.92 Å². The summed E-state index contributed by atoms with van der Waals surface area (Å²) in [6.07, 6.45) is 2.79. The molecule has 0 amide bonds. The van der Waals surface area contributed by atoms with E-state index in [2.05, 4.69) is 0 Å². The maximum absolute atomic E-state index is 11.6. The van der Waals surface area contributed by atoms with Crippen LogP contribution in [0.4, 0.5) is 0 Å². The molecule has 0 aromatic rings. The maximum Gasteiger partial charge on any atom is 0.306 e. The monoisotopic (exact) mass is 263 g/mol. The van der Waals surface area contributed by atoms with Crippen LogP contribution in [0.15, 0.2) is 0 Å². The first kappa shape index (κ1) is 14.4.